The van der Waals surface area contributed by atoms with Crippen LogP contribution < -0.4 is 5.32 Å². The number of amides is 1. The van der Waals surface area contributed by atoms with E-state index in [4.69, 9.17) is 4.74 Å². The van der Waals surface area contributed by atoms with Crippen molar-refractivity contribution in [3.63, 3.8) is 0 Å². The number of carbonyl (C=O) groups is 2. The molecular formula is C21H27NO3. The SMILES string of the molecule is Cc1cccc(NC(=O)COC(=O)C2C3CC4CC(C3)CC2C4)c1C. The number of esters is 1. The second kappa shape index (κ2) is 6.47. The molecule has 0 atom stereocenters. The molecule has 5 rings (SSSR count). The van der Waals surface area contributed by atoms with E-state index in [9.17, 15) is 9.59 Å². The molecule has 25 heavy (non-hydrogen) atoms. The summed E-state index contributed by atoms with van der Waals surface area (Å²) in [5, 5.41) is 2.86. The Morgan fingerprint density at radius 1 is 1.04 bits per heavy atom. The lowest BCUT2D eigenvalue weighted by atomic mass is 9.52. The molecule has 1 N–H and O–H groups in total. The first kappa shape index (κ1) is 16.6. The predicted octanol–water partition coefficient (Wildman–Crippen LogP) is 3.86. The van der Waals surface area contributed by atoms with Gasteiger partial charge in [0.25, 0.3) is 5.91 Å². The number of rotatable bonds is 4. The van der Waals surface area contributed by atoms with E-state index in [1.54, 1.807) is 0 Å². The Balaban J connectivity index is 1.33. The predicted molar refractivity (Wildman–Crippen MR) is 96.0 cm³/mol. The topological polar surface area (TPSA) is 55.4 Å². The van der Waals surface area contributed by atoms with Crippen LogP contribution in [-0.4, -0.2) is 18.5 Å². The van der Waals surface area contributed by atoms with Crippen LogP contribution in [0.4, 0.5) is 5.69 Å². The minimum atomic E-state index is -0.258. The molecule has 0 radical (unpaired) electrons. The van der Waals surface area contributed by atoms with Crippen molar-refractivity contribution < 1.29 is 14.3 Å². The molecule has 0 unspecified atom stereocenters. The van der Waals surface area contributed by atoms with Crippen molar-refractivity contribution >= 4 is 17.6 Å². The molecule has 0 saturated heterocycles. The minimum absolute atomic E-state index is 0.0290. The lowest BCUT2D eigenvalue weighted by Gasteiger charge is -2.53. The quantitative estimate of drug-likeness (QED) is 0.846. The highest BCUT2D eigenvalue weighted by molar-refractivity contribution is 5.93. The molecule has 1 amide bonds. The van der Waals surface area contributed by atoms with Gasteiger partial charge in [-0.05, 0) is 86.8 Å². The fourth-order valence-corrected chi connectivity index (χ4v) is 5.62. The molecule has 0 aromatic heterocycles. The second-order valence-electron chi connectivity index (χ2n) is 8.36. The van der Waals surface area contributed by atoms with Crippen molar-refractivity contribution in [2.75, 3.05) is 11.9 Å². The Bertz CT molecular complexity index is 668. The van der Waals surface area contributed by atoms with Gasteiger partial charge in [-0.1, -0.05) is 12.1 Å². The largest absolute Gasteiger partial charge is 0.455 e. The summed E-state index contributed by atoms with van der Waals surface area (Å²) < 4.78 is 5.42. The average molecular weight is 341 g/mol. The van der Waals surface area contributed by atoms with E-state index in [2.05, 4.69) is 5.32 Å². The van der Waals surface area contributed by atoms with Gasteiger partial charge in [0.05, 0.1) is 5.92 Å². The molecule has 4 fully saturated rings. The number of nitrogens with one attached hydrogen (secondary N) is 1. The lowest BCUT2D eigenvalue weighted by Crippen LogP contribution is -2.48. The summed E-state index contributed by atoms with van der Waals surface area (Å²) >= 11 is 0. The highest BCUT2D eigenvalue weighted by Crippen LogP contribution is 2.56. The first-order valence-electron chi connectivity index (χ1n) is 9.54. The van der Waals surface area contributed by atoms with Gasteiger partial charge in [0, 0.05) is 5.69 Å². The van der Waals surface area contributed by atoms with Crippen molar-refractivity contribution in [2.45, 2.75) is 46.0 Å². The van der Waals surface area contributed by atoms with Crippen molar-refractivity contribution in [1.82, 2.24) is 0 Å². The third-order valence-electron chi connectivity index (χ3n) is 6.72. The smallest absolute Gasteiger partial charge is 0.310 e. The summed E-state index contributed by atoms with van der Waals surface area (Å²) in [6, 6.07) is 5.80. The molecule has 4 aliphatic rings. The van der Waals surface area contributed by atoms with Crippen LogP contribution in [0.25, 0.3) is 0 Å². The molecule has 134 valence electrons. The number of carbonyl (C=O) groups excluding carboxylic acids is 2. The van der Waals surface area contributed by atoms with Gasteiger partial charge in [-0.25, -0.2) is 0 Å². The van der Waals surface area contributed by atoms with Crippen molar-refractivity contribution in [1.29, 1.82) is 0 Å². The van der Waals surface area contributed by atoms with E-state index in [1.807, 2.05) is 32.0 Å². The van der Waals surface area contributed by atoms with Crippen LogP contribution in [0.3, 0.4) is 0 Å². The maximum absolute atomic E-state index is 12.6. The van der Waals surface area contributed by atoms with Crippen LogP contribution in [0, 0.1) is 43.4 Å². The van der Waals surface area contributed by atoms with Crippen molar-refractivity contribution in [2.24, 2.45) is 29.6 Å². The fraction of sp³-hybridized carbons (Fsp3) is 0.619. The first-order chi connectivity index (χ1) is 12.0. The third-order valence-corrected chi connectivity index (χ3v) is 6.72. The van der Waals surface area contributed by atoms with E-state index in [1.165, 1.54) is 32.1 Å². The van der Waals surface area contributed by atoms with Gasteiger partial charge in [0.15, 0.2) is 6.61 Å². The Morgan fingerprint density at radius 3 is 2.32 bits per heavy atom. The molecule has 4 bridgehead atoms. The number of hydrogen-bond donors (Lipinski definition) is 1. The standard InChI is InChI=1S/C21H27NO3/c1-12-4-3-5-18(13(12)2)22-19(23)11-25-21(24)20-16-7-14-6-15(9-16)10-17(20)8-14/h3-5,14-17,20H,6-11H2,1-2H3,(H,22,23). The number of benzene rings is 1. The summed E-state index contributed by atoms with van der Waals surface area (Å²) in [6.07, 6.45) is 6.10. The molecule has 4 nitrogen and oxygen atoms in total. The molecule has 0 aliphatic heterocycles. The van der Waals surface area contributed by atoms with E-state index in [0.717, 1.165) is 28.7 Å². The molecule has 1 aromatic rings. The second-order valence-corrected chi connectivity index (χ2v) is 8.36. The average Bonchev–Trinajstić information content (AvgIpc) is 2.56. The molecular weight excluding hydrogens is 314 g/mol. The Hall–Kier alpha value is -1.84. The number of aryl methyl sites for hydroxylation is 1. The fourth-order valence-electron chi connectivity index (χ4n) is 5.62. The highest BCUT2D eigenvalue weighted by atomic mass is 16.5. The van der Waals surface area contributed by atoms with Crippen LogP contribution in [0.15, 0.2) is 18.2 Å². The Labute approximate surface area is 149 Å². The van der Waals surface area contributed by atoms with Gasteiger partial charge >= 0.3 is 5.97 Å². The van der Waals surface area contributed by atoms with Crippen LogP contribution in [0.2, 0.25) is 0 Å². The molecule has 0 spiro atoms. The van der Waals surface area contributed by atoms with Crippen molar-refractivity contribution in [3.05, 3.63) is 29.3 Å². The summed E-state index contributed by atoms with van der Waals surface area (Å²) in [5.74, 6) is 2.27. The number of anilines is 1. The number of hydrogen-bond acceptors (Lipinski definition) is 3. The zero-order valence-electron chi connectivity index (χ0n) is 15.1. The monoisotopic (exact) mass is 341 g/mol. The van der Waals surface area contributed by atoms with Gasteiger partial charge in [0.1, 0.15) is 0 Å². The minimum Gasteiger partial charge on any atom is -0.455 e. The van der Waals surface area contributed by atoms with E-state index in [0.29, 0.717) is 11.8 Å². The molecule has 1 aromatic carbocycles. The van der Waals surface area contributed by atoms with Crippen LogP contribution >= 0.6 is 0 Å². The van der Waals surface area contributed by atoms with Gasteiger partial charge in [0.2, 0.25) is 0 Å². The van der Waals surface area contributed by atoms with Gasteiger partial charge in [-0.3, -0.25) is 9.59 Å². The van der Waals surface area contributed by atoms with Crippen LogP contribution in [0.1, 0.15) is 43.2 Å². The Morgan fingerprint density at radius 2 is 1.68 bits per heavy atom. The van der Waals surface area contributed by atoms with E-state index >= 15 is 0 Å². The lowest BCUT2D eigenvalue weighted by molar-refractivity contribution is -0.164. The zero-order valence-corrected chi connectivity index (χ0v) is 15.1. The summed E-state index contributed by atoms with van der Waals surface area (Å²) in [6.45, 7) is 3.80. The van der Waals surface area contributed by atoms with Gasteiger partial charge in [-0.2, -0.15) is 0 Å². The van der Waals surface area contributed by atoms with E-state index in [-0.39, 0.29) is 24.4 Å². The third kappa shape index (κ3) is 3.19. The first-order valence-corrected chi connectivity index (χ1v) is 9.54. The van der Waals surface area contributed by atoms with E-state index < -0.39 is 0 Å². The molecule has 4 saturated carbocycles. The van der Waals surface area contributed by atoms with Crippen molar-refractivity contribution in [3.8, 4) is 0 Å². The summed E-state index contributed by atoms with van der Waals surface area (Å²) in [7, 11) is 0. The zero-order chi connectivity index (χ0) is 17.6. The summed E-state index contributed by atoms with van der Waals surface area (Å²) in [4.78, 5) is 24.8. The molecule has 4 heteroatoms. The molecule has 4 aliphatic carbocycles. The highest BCUT2D eigenvalue weighted by Gasteiger charge is 2.51. The normalized spacial score (nSPS) is 32.5. The number of ether oxygens (including phenoxy) is 1. The van der Waals surface area contributed by atoms with Crippen LogP contribution in [0.5, 0.6) is 0 Å². The van der Waals surface area contributed by atoms with Gasteiger partial charge < -0.3 is 10.1 Å². The summed E-state index contributed by atoms with van der Waals surface area (Å²) in [5.41, 5.74) is 2.96. The van der Waals surface area contributed by atoms with Crippen LogP contribution in [-0.2, 0) is 14.3 Å². The maximum Gasteiger partial charge on any atom is 0.310 e. The maximum atomic E-state index is 12.6. The Kier molecular flexibility index (Phi) is 4.30. The van der Waals surface area contributed by atoms with Gasteiger partial charge in [-0.15, -0.1) is 0 Å². The molecule has 0 heterocycles.